The third-order valence-electron chi connectivity index (χ3n) is 4.44. The molecule has 2 amide bonds. The van der Waals surface area contributed by atoms with Gasteiger partial charge in [-0.25, -0.2) is 0 Å². The number of anilines is 1. The first-order valence-electron chi connectivity index (χ1n) is 8.38. The molecule has 1 aliphatic heterocycles. The van der Waals surface area contributed by atoms with Crippen molar-refractivity contribution >= 4 is 34.9 Å². The highest BCUT2D eigenvalue weighted by molar-refractivity contribution is 6.34. The quantitative estimate of drug-likeness (QED) is 0.823. The molecule has 2 aromatic carbocycles. The Bertz CT molecular complexity index is 848. The maximum atomic E-state index is 12.4. The lowest BCUT2D eigenvalue weighted by molar-refractivity contribution is -0.126. The molecule has 2 aromatic rings. The molecule has 0 aromatic heterocycles. The minimum absolute atomic E-state index is 0.0913. The molecule has 3 rings (SSSR count). The Balaban J connectivity index is 1.59. The fourth-order valence-corrected chi connectivity index (χ4v) is 3.19. The number of nitrogens with one attached hydrogen (secondary N) is 1. The third-order valence-corrected chi connectivity index (χ3v) is 4.77. The summed E-state index contributed by atoms with van der Waals surface area (Å²) in [6.45, 7) is 2.15. The molecular formula is C20H19ClN2O3. The summed E-state index contributed by atoms with van der Waals surface area (Å²) in [6, 6.07) is 14.3. The zero-order valence-electron chi connectivity index (χ0n) is 14.4. The van der Waals surface area contributed by atoms with E-state index < -0.39 is 5.92 Å². The zero-order chi connectivity index (χ0) is 18.7. The van der Waals surface area contributed by atoms with Gasteiger partial charge in [0, 0.05) is 24.2 Å². The van der Waals surface area contributed by atoms with E-state index in [9.17, 15) is 14.4 Å². The number of benzene rings is 2. The fraction of sp³-hybridized carbons (Fsp3) is 0.250. The number of carbonyl (C=O) groups is 3. The smallest absolute Gasteiger partial charge is 0.227 e. The predicted molar refractivity (Wildman–Crippen MR) is 100 cm³/mol. The van der Waals surface area contributed by atoms with Crippen molar-refractivity contribution in [3.63, 3.8) is 0 Å². The Morgan fingerprint density at radius 3 is 2.54 bits per heavy atom. The highest BCUT2D eigenvalue weighted by Gasteiger charge is 2.35. The van der Waals surface area contributed by atoms with Crippen LogP contribution in [-0.4, -0.2) is 30.7 Å². The molecule has 5 nitrogen and oxygen atoms in total. The van der Waals surface area contributed by atoms with Gasteiger partial charge in [-0.1, -0.05) is 41.4 Å². The van der Waals surface area contributed by atoms with E-state index in [1.165, 1.54) is 0 Å². The Morgan fingerprint density at radius 2 is 1.85 bits per heavy atom. The monoisotopic (exact) mass is 370 g/mol. The summed E-state index contributed by atoms with van der Waals surface area (Å²) in [6.07, 6.45) is 0.139. The molecule has 0 saturated carbocycles. The van der Waals surface area contributed by atoms with Crippen molar-refractivity contribution in [1.82, 2.24) is 5.32 Å². The van der Waals surface area contributed by atoms with Crippen LogP contribution in [0.25, 0.3) is 0 Å². The van der Waals surface area contributed by atoms with Crippen LogP contribution in [0.4, 0.5) is 5.69 Å². The summed E-state index contributed by atoms with van der Waals surface area (Å²) in [5, 5.41) is 2.98. The number of Topliss-reactive ketones (excluding diaryl/α,β-unsaturated/α-hetero) is 1. The number of carbonyl (C=O) groups excluding carboxylic acids is 3. The largest absolute Gasteiger partial charge is 0.348 e. The highest BCUT2D eigenvalue weighted by atomic mass is 35.5. The van der Waals surface area contributed by atoms with E-state index >= 15 is 0 Å². The molecule has 1 N–H and O–H groups in total. The van der Waals surface area contributed by atoms with Gasteiger partial charge in [0.1, 0.15) is 0 Å². The Morgan fingerprint density at radius 1 is 1.15 bits per heavy atom. The molecule has 0 bridgehead atoms. The standard InChI is InChI=1S/C20H19ClN2O3/c1-13-6-8-15(9-7-13)23-12-14(10-19(23)25)20(26)22-11-18(24)16-4-2-3-5-17(16)21/h2-9,14H,10-12H2,1H3,(H,22,26). The average Bonchev–Trinajstić information content (AvgIpc) is 3.02. The second kappa shape index (κ2) is 7.70. The van der Waals surface area contributed by atoms with Gasteiger partial charge >= 0.3 is 0 Å². The van der Waals surface area contributed by atoms with Gasteiger partial charge in [-0.15, -0.1) is 0 Å². The molecule has 1 heterocycles. The molecule has 1 fully saturated rings. The molecule has 1 saturated heterocycles. The van der Waals surface area contributed by atoms with Crippen molar-refractivity contribution in [2.24, 2.45) is 5.92 Å². The van der Waals surface area contributed by atoms with Crippen molar-refractivity contribution in [3.05, 3.63) is 64.7 Å². The van der Waals surface area contributed by atoms with E-state index in [0.717, 1.165) is 11.3 Å². The van der Waals surface area contributed by atoms with Crippen LogP contribution in [0.15, 0.2) is 48.5 Å². The summed E-state index contributed by atoms with van der Waals surface area (Å²) in [4.78, 5) is 38.4. The SMILES string of the molecule is Cc1ccc(N2CC(C(=O)NCC(=O)c3ccccc3Cl)CC2=O)cc1. The zero-order valence-corrected chi connectivity index (χ0v) is 15.1. The summed E-state index contributed by atoms with van der Waals surface area (Å²) >= 11 is 5.99. The molecule has 0 spiro atoms. The lowest BCUT2D eigenvalue weighted by atomic mass is 10.1. The van der Waals surface area contributed by atoms with Gasteiger partial charge < -0.3 is 10.2 Å². The van der Waals surface area contributed by atoms with Crippen LogP contribution in [0, 0.1) is 12.8 Å². The number of ketones is 1. The molecule has 134 valence electrons. The minimum Gasteiger partial charge on any atom is -0.348 e. The number of halogens is 1. The van der Waals surface area contributed by atoms with Gasteiger partial charge in [0.2, 0.25) is 11.8 Å². The predicted octanol–water partition coefficient (Wildman–Crippen LogP) is 3.00. The Kier molecular flexibility index (Phi) is 5.38. The Labute approximate surface area is 156 Å². The summed E-state index contributed by atoms with van der Waals surface area (Å²) in [5.74, 6) is -1.12. The third kappa shape index (κ3) is 3.94. The van der Waals surface area contributed by atoms with Crippen LogP contribution in [-0.2, 0) is 9.59 Å². The molecule has 6 heteroatoms. The van der Waals surface area contributed by atoms with Crippen molar-refractivity contribution in [2.45, 2.75) is 13.3 Å². The number of hydrogen-bond donors (Lipinski definition) is 1. The first kappa shape index (κ1) is 18.1. The second-order valence-electron chi connectivity index (χ2n) is 6.36. The van der Waals surface area contributed by atoms with E-state index in [0.29, 0.717) is 17.1 Å². The van der Waals surface area contributed by atoms with Gasteiger partial charge in [0.25, 0.3) is 0 Å². The first-order chi connectivity index (χ1) is 12.5. The maximum Gasteiger partial charge on any atom is 0.227 e. The van der Waals surface area contributed by atoms with Crippen molar-refractivity contribution in [1.29, 1.82) is 0 Å². The van der Waals surface area contributed by atoms with E-state index in [1.807, 2.05) is 31.2 Å². The van der Waals surface area contributed by atoms with Crippen LogP contribution >= 0.6 is 11.6 Å². The van der Waals surface area contributed by atoms with E-state index in [2.05, 4.69) is 5.32 Å². The normalized spacial score (nSPS) is 16.6. The molecule has 1 aliphatic rings. The van der Waals surface area contributed by atoms with Crippen molar-refractivity contribution < 1.29 is 14.4 Å². The highest BCUT2D eigenvalue weighted by Crippen LogP contribution is 2.25. The molecule has 0 aliphatic carbocycles. The average molecular weight is 371 g/mol. The van der Waals surface area contributed by atoms with Crippen LogP contribution < -0.4 is 10.2 Å². The number of amides is 2. The van der Waals surface area contributed by atoms with Gasteiger partial charge in [0.05, 0.1) is 17.5 Å². The van der Waals surface area contributed by atoms with Gasteiger partial charge in [-0.3, -0.25) is 14.4 Å². The second-order valence-corrected chi connectivity index (χ2v) is 6.77. The molecule has 0 radical (unpaired) electrons. The molecular weight excluding hydrogens is 352 g/mol. The van der Waals surface area contributed by atoms with Crippen LogP contribution in [0.1, 0.15) is 22.3 Å². The van der Waals surface area contributed by atoms with Gasteiger partial charge in [0.15, 0.2) is 5.78 Å². The van der Waals surface area contributed by atoms with E-state index in [-0.39, 0.29) is 30.6 Å². The van der Waals surface area contributed by atoms with Crippen molar-refractivity contribution in [2.75, 3.05) is 18.0 Å². The van der Waals surface area contributed by atoms with Gasteiger partial charge in [-0.05, 0) is 31.2 Å². The number of aryl methyl sites for hydroxylation is 1. The summed E-state index contributed by atoms with van der Waals surface area (Å²) in [7, 11) is 0. The minimum atomic E-state index is -0.470. The summed E-state index contributed by atoms with van der Waals surface area (Å²) < 4.78 is 0. The van der Waals surface area contributed by atoms with Crippen LogP contribution in [0.2, 0.25) is 5.02 Å². The maximum absolute atomic E-state index is 12.4. The van der Waals surface area contributed by atoms with Crippen LogP contribution in [0.3, 0.4) is 0 Å². The topological polar surface area (TPSA) is 66.5 Å². The van der Waals surface area contributed by atoms with E-state index in [4.69, 9.17) is 11.6 Å². The lowest BCUT2D eigenvalue weighted by Crippen LogP contribution is -2.36. The molecule has 1 atom stereocenters. The Hall–Kier alpha value is -2.66. The lowest BCUT2D eigenvalue weighted by Gasteiger charge is -2.17. The number of rotatable bonds is 5. The van der Waals surface area contributed by atoms with Crippen molar-refractivity contribution in [3.8, 4) is 0 Å². The number of hydrogen-bond acceptors (Lipinski definition) is 3. The van der Waals surface area contributed by atoms with Crippen LogP contribution in [0.5, 0.6) is 0 Å². The molecule has 26 heavy (non-hydrogen) atoms. The van der Waals surface area contributed by atoms with Gasteiger partial charge in [-0.2, -0.15) is 0 Å². The fourth-order valence-electron chi connectivity index (χ4n) is 2.95. The number of nitrogens with zero attached hydrogens (tertiary/aromatic N) is 1. The molecule has 1 unspecified atom stereocenters. The first-order valence-corrected chi connectivity index (χ1v) is 8.76. The van der Waals surface area contributed by atoms with E-state index in [1.54, 1.807) is 29.2 Å². The summed E-state index contributed by atoms with van der Waals surface area (Å²) in [5.41, 5.74) is 2.26.